The molecule has 0 amide bonds. The molecule has 1 N–H and O–H groups in total. The molecule has 0 fully saturated rings. The lowest BCUT2D eigenvalue weighted by atomic mass is 10.1. The lowest BCUT2D eigenvalue weighted by molar-refractivity contribution is -0.120. The third-order valence-corrected chi connectivity index (χ3v) is 2.76. The predicted molar refractivity (Wildman–Crippen MR) is 65.2 cm³/mol. The number of hydrogen-bond acceptors (Lipinski definition) is 3. The maximum Gasteiger partial charge on any atom is 0.171 e. The second-order valence-electron chi connectivity index (χ2n) is 4.07. The Labute approximate surface area is 102 Å². The molecule has 0 aliphatic carbocycles. The van der Waals surface area contributed by atoms with Gasteiger partial charge in [0.1, 0.15) is 5.82 Å². The van der Waals surface area contributed by atoms with E-state index in [0.29, 0.717) is 0 Å². The van der Waals surface area contributed by atoms with Crippen molar-refractivity contribution >= 4 is 0 Å². The van der Waals surface area contributed by atoms with Gasteiger partial charge in [0.15, 0.2) is 6.29 Å². The van der Waals surface area contributed by atoms with Crippen LogP contribution in [-0.4, -0.2) is 26.6 Å². The van der Waals surface area contributed by atoms with Crippen LogP contribution in [0.1, 0.15) is 25.5 Å². The lowest BCUT2D eigenvalue weighted by Gasteiger charge is -2.26. The van der Waals surface area contributed by atoms with Gasteiger partial charge in [-0.15, -0.1) is 0 Å². The van der Waals surface area contributed by atoms with Crippen molar-refractivity contribution in [3.8, 4) is 0 Å². The molecular formula is C13H20FNO2. The van der Waals surface area contributed by atoms with E-state index in [0.717, 1.165) is 5.56 Å². The van der Waals surface area contributed by atoms with Crippen molar-refractivity contribution < 1.29 is 13.9 Å². The highest BCUT2D eigenvalue weighted by molar-refractivity contribution is 5.19. The molecule has 1 rings (SSSR count). The van der Waals surface area contributed by atoms with Crippen molar-refractivity contribution in [3.63, 3.8) is 0 Å². The van der Waals surface area contributed by atoms with Crippen LogP contribution in [0.25, 0.3) is 0 Å². The van der Waals surface area contributed by atoms with E-state index in [2.05, 4.69) is 5.32 Å². The first kappa shape index (κ1) is 14.1. The monoisotopic (exact) mass is 241 g/mol. The van der Waals surface area contributed by atoms with Gasteiger partial charge in [0.2, 0.25) is 0 Å². The minimum Gasteiger partial charge on any atom is -0.354 e. The average Bonchev–Trinajstić information content (AvgIpc) is 2.31. The molecule has 0 saturated heterocycles. The van der Waals surface area contributed by atoms with E-state index in [9.17, 15) is 4.39 Å². The average molecular weight is 241 g/mol. The standard InChI is InChI=1S/C13H20FNO2/c1-9(11-5-7-12(14)8-6-11)15-10(2)13(16-3)17-4/h5-10,13,15H,1-4H3/t9-,10?/m0/s1. The Hall–Kier alpha value is -0.970. The quantitative estimate of drug-likeness (QED) is 0.776. The molecule has 4 heteroatoms. The van der Waals surface area contributed by atoms with Gasteiger partial charge in [0, 0.05) is 20.3 Å². The summed E-state index contributed by atoms with van der Waals surface area (Å²) in [4.78, 5) is 0. The van der Waals surface area contributed by atoms with E-state index in [4.69, 9.17) is 9.47 Å². The largest absolute Gasteiger partial charge is 0.354 e. The maximum absolute atomic E-state index is 12.8. The van der Waals surface area contributed by atoms with E-state index in [1.165, 1.54) is 12.1 Å². The molecule has 0 saturated carbocycles. The zero-order chi connectivity index (χ0) is 12.8. The fourth-order valence-corrected chi connectivity index (χ4v) is 1.83. The molecule has 0 aliphatic heterocycles. The second-order valence-corrected chi connectivity index (χ2v) is 4.07. The number of halogens is 1. The van der Waals surface area contributed by atoms with Gasteiger partial charge in [-0.05, 0) is 31.5 Å². The third-order valence-electron chi connectivity index (χ3n) is 2.76. The van der Waals surface area contributed by atoms with Crippen molar-refractivity contribution in [1.82, 2.24) is 5.32 Å². The number of hydrogen-bond donors (Lipinski definition) is 1. The maximum atomic E-state index is 12.8. The van der Waals surface area contributed by atoms with E-state index in [1.807, 2.05) is 13.8 Å². The molecular weight excluding hydrogens is 221 g/mol. The molecule has 17 heavy (non-hydrogen) atoms. The highest BCUT2D eigenvalue weighted by Crippen LogP contribution is 2.14. The van der Waals surface area contributed by atoms with Gasteiger partial charge in [-0.25, -0.2) is 4.39 Å². The van der Waals surface area contributed by atoms with Crippen LogP contribution in [0.4, 0.5) is 4.39 Å². The van der Waals surface area contributed by atoms with Crippen LogP contribution in [-0.2, 0) is 9.47 Å². The molecule has 1 aromatic rings. The summed E-state index contributed by atoms with van der Waals surface area (Å²) < 4.78 is 23.1. The molecule has 0 radical (unpaired) electrons. The van der Waals surface area contributed by atoms with Crippen LogP contribution in [0.15, 0.2) is 24.3 Å². The normalized spacial score (nSPS) is 14.9. The summed E-state index contributed by atoms with van der Waals surface area (Å²) in [6, 6.07) is 6.62. The second kappa shape index (κ2) is 6.69. The topological polar surface area (TPSA) is 30.5 Å². The van der Waals surface area contributed by atoms with Crippen molar-refractivity contribution in [3.05, 3.63) is 35.6 Å². The first-order chi connectivity index (χ1) is 8.08. The van der Waals surface area contributed by atoms with E-state index in [1.54, 1.807) is 26.4 Å². The van der Waals surface area contributed by atoms with Gasteiger partial charge in [-0.1, -0.05) is 12.1 Å². The van der Waals surface area contributed by atoms with Crippen molar-refractivity contribution in [1.29, 1.82) is 0 Å². The van der Waals surface area contributed by atoms with Crippen LogP contribution >= 0.6 is 0 Å². The van der Waals surface area contributed by atoms with E-state index < -0.39 is 0 Å². The first-order valence-electron chi connectivity index (χ1n) is 5.65. The minimum atomic E-state index is -0.294. The Kier molecular flexibility index (Phi) is 5.55. The molecule has 96 valence electrons. The van der Waals surface area contributed by atoms with Crippen LogP contribution in [0.2, 0.25) is 0 Å². The Balaban J connectivity index is 2.59. The molecule has 0 spiro atoms. The van der Waals surface area contributed by atoms with Gasteiger partial charge >= 0.3 is 0 Å². The minimum absolute atomic E-state index is 0.0463. The Morgan fingerprint density at radius 1 is 1.06 bits per heavy atom. The highest BCUT2D eigenvalue weighted by Gasteiger charge is 2.18. The van der Waals surface area contributed by atoms with Gasteiger partial charge < -0.3 is 14.8 Å². The van der Waals surface area contributed by atoms with Crippen molar-refractivity contribution in [2.45, 2.75) is 32.2 Å². The lowest BCUT2D eigenvalue weighted by Crippen LogP contribution is -2.40. The van der Waals surface area contributed by atoms with Crippen molar-refractivity contribution in [2.75, 3.05) is 14.2 Å². The molecule has 0 aromatic heterocycles. The van der Waals surface area contributed by atoms with Gasteiger partial charge in [0.05, 0.1) is 6.04 Å². The summed E-state index contributed by atoms with van der Waals surface area (Å²) in [5, 5.41) is 3.35. The molecule has 2 atom stereocenters. The summed E-state index contributed by atoms with van der Waals surface area (Å²) >= 11 is 0. The molecule has 0 bridgehead atoms. The van der Waals surface area contributed by atoms with Crippen LogP contribution in [0.5, 0.6) is 0 Å². The zero-order valence-electron chi connectivity index (χ0n) is 10.7. The smallest absolute Gasteiger partial charge is 0.171 e. The fraction of sp³-hybridized carbons (Fsp3) is 0.538. The van der Waals surface area contributed by atoms with Gasteiger partial charge in [-0.3, -0.25) is 0 Å². The number of benzene rings is 1. The summed E-state index contributed by atoms with van der Waals surface area (Å²) in [7, 11) is 3.21. The Bertz CT molecular complexity index is 325. The van der Waals surface area contributed by atoms with E-state index in [-0.39, 0.29) is 24.2 Å². The molecule has 3 nitrogen and oxygen atoms in total. The highest BCUT2D eigenvalue weighted by atomic mass is 19.1. The summed E-state index contributed by atoms with van der Waals surface area (Å²) in [5.41, 5.74) is 1.03. The van der Waals surface area contributed by atoms with Crippen LogP contribution in [0, 0.1) is 5.82 Å². The van der Waals surface area contributed by atoms with Crippen LogP contribution in [0.3, 0.4) is 0 Å². The molecule has 1 unspecified atom stereocenters. The SMILES string of the molecule is COC(OC)C(C)N[C@@H](C)c1ccc(F)cc1. The van der Waals surface area contributed by atoms with Crippen LogP contribution < -0.4 is 5.32 Å². The number of methoxy groups -OCH3 is 2. The van der Waals surface area contributed by atoms with Crippen molar-refractivity contribution in [2.24, 2.45) is 0 Å². The number of ether oxygens (including phenoxy) is 2. The summed E-state index contributed by atoms with van der Waals surface area (Å²) in [6.45, 7) is 4.00. The number of nitrogens with one attached hydrogen (secondary N) is 1. The van der Waals surface area contributed by atoms with Gasteiger partial charge in [0.25, 0.3) is 0 Å². The number of rotatable bonds is 6. The third kappa shape index (κ3) is 4.07. The fourth-order valence-electron chi connectivity index (χ4n) is 1.83. The summed E-state index contributed by atoms with van der Waals surface area (Å²) in [6.07, 6.45) is -0.294. The molecule has 0 heterocycles. The first-order valence-corrected chi connectivity index (χ1v) is 5.65. The molecule has 1 aromatic carbocycles. The van der Waals surface area contributed by atoms with E-state index >= 15 is 0 Å². The van der Waals surface area contributed by atoms with Gasteiger partial charge in [-0.2, -0.15) is 0 Å². The predicted octanol–water partition coefficient (Wildman–Crippen LogP) is 2.48. The molecule has 0 aliphatic rings. The summed E-state index contributed by atoms with van der Waals surface area (Å²) in [5.74, 6) is -0.222. The zero-order valence-corrected chi connectivity index (χ0v) is 10.7. The Morgan fingerprint density at radius 3 is 2.06 bits per heavy atom. The Morgan fingerprint density at radius 2 is 1.59 bits per heavy atom.